The zero-order valence-electron chi connectivity index (χ0n) is 32.1. The number of hydrogen-bond acceptors (Lipinski definition) is 0. The summed E-state index contributed by atoms with van der Waals surface area (Å²) in [6, 6.07) is 76.4. The summed E-state index contributed by atoms with van der Waals surface area (Å²) >= 11 is 0. The van der Waals surface area contributed by atoms with E-state index in [2.05, 4.69) is 220 Å². The number of rotatable bonds is 5. The van der Waals surface area contributed by atoms with Gasteiger partial charge < -0.3 is 0 Å². The van der Waals surface area contributed by atoms with Gasteiger partial charge in [0.25, 0.3) is 0 Å². The fourth-order valence-corrected chi connectivity index (χ4v) is 9.63. The van der Waals surface area contributed by atoms with Crippen LogP contribution in [0.4, 0.5) is 0 Å². The van der Waals surface area contributed by atoms with Crippen molar-refractivity contribution in [2.75, 3.05) is 0 Å². The molecule has 0 atom stereocenters. The fourth-order valence-electron chi connectivity index (χ4n) is 9.63. The van der Waals surface area contributed by atoms with Crippen LogP contribution in [-0.2, 0) is 5.41 Å². The van der Waals surface area contributed by atoms with Gasteiger partial charge in [-0.15, -0.1) is 0 Å². The lowest BCUT2D eigenvalue weighted by atomic mass is 9.79. The van der Waals surface area contributed by atoms with Crippen LogP contribution >= 0.6 is 0 Å². The minimum absolute atomic E-state index is 0.190. The Balaban J connectivity index is 1.06. The second-order valence-electron chi connectivity index (χ2n) is 16.0. The van der Waals surface area contributed by atoms with Gasteiger partial charge >= 0.3 is 0 Å². The molecule has 1 aliphatic rings. The third-order valence-corrected chi connectivity index (χ3v) is 12.4. The molecular weight excluding hydrogens is 685 g/mol. The van der Waals surface area contributed by atoms with Crippen LogP contribution in [0.25, 0.3) is 99.1 Å². The monoisotopic (exact) mass is 724 g/mol. The highest BCUT2D eigenvalue weighted by molar-refractivity contribution is 6.23. The Hall–Kier alpha value is -7.02. The van der Waals surface area contributed by atoms with Crippen molar-refractivity contribution in [2.24, 2.45) is 0 Å². The van der Waals surface area contributed by atoms with Crippen LogP contribution in [0.5, 0.6) is 0 Å². The summed E-state index contributed by atoms with van der Waals surface area (Å²) < 4.78 is 0. The standard InChI is InChI=1S/C57H40/c1-57(2)53-35-40(44-33-42(37-16-5-3-6-17-37)32-43(34-44)38-18-7-4-8-19-38)28-30-46(53)47-31-29-41(36-54(47)57)55-49-23-11-13-25-51(49)56(52-26-14-12-24-50(52)55)48-27-15-21-39-20-9-10-22-45(39)48/h3-36H,1-2H3. The van der Waals surface area contributed by atoms with Crippen LogP contribution in [0.3, 0.4) is 0 Å². The molecule has 0 fully saturated rings. The maximum atomic E-state index is 2.49. The van der Waals surface area contributed by atoms with Gasteiger partial charge in [-0.1, -0.05) is 190 Å². The third-order valence-electron chi connectivity index (χ3n) is 12.4. The summed E-state index contributed by atoms with van der Waals surface area (Å²) in [5.74, 6) is 0. The Morgan fingerprint density at radius 1 is 0.263 bits per heavy atom. The van der Waals surface area contributed by atoms with E-state index in [1.807, 2.05) is 0 Å². The zero-order valence-corrected chi connectivity index (χ0v) is 32.1. The van der Waals surface area contributed by atoms with Gasteiger partial charge in [-0.2, -0.15) is 0 Å². The maximum Gasteiger partial charge on any atom is 0.0159 e. The molecule has 0 aliphatic heterocycles. The zero-order chi connectivity index (χ0) is 38.1. The summed E-state index contributed by atoms with van der Waals surface area (Å²) in [5.41, 5.74) is 17.7. The second-order valence-corrected chi connectivity index (χ2v) is 16.0. The molecule has 0 amide bonds. The largest absolute Gasteiger partial charge is 0.0622 e. The van der Waals surface area contributed by atoms with Crippen molar-refractivity contribution in [2.45, 2.75) is 19.3 Å². The van der Waals surface area contributed by atoms with Gasteiger partial charge in [-0.25, -0.2) is 0 Å². The Morgan fingerprint density at radius 3 is 1.25 bits per heavy atom. The molecule has 0 radical (unpaired) electrons. The van der Waals surface area contributed by atoms with Crippen molar-refractivity contribution >= 4 is 32.3 Å². The SMILES string of the molecule is CC1(C)c2cc(-c3cc(-c4ccccc4)cc(-c4ccccc4)c3)ccc2-c2ccc(-c3c4ccccc4c(-c4cccc5ccccc45)c4ccccc34)cc21. The van der Waals surface area contributed by atoms with Crippen molar-refractivity contribution in [3.63, 3.8) is 0 Å². The van der Waals surface area contributed by atoms with Crippen LogP contribution in [0.15, 0.2) is 206 Å². The average molecular weight is 725 g/mol. The molecule has 0 N–H and O–H groups in total. The lowest BCUT2D eigenvalue weighted by Crippen LogP contribution is -2.15. The number of fused-ring (bicyclic) bond motifs is 6. The summed E-state index contributed by atoms with van der Waals surface area (Å²) in [6.45, 7) is 4.81. The highest BCUT2D eigenvalue weighted by atomic mass is 14.4. The van der Waals surface area contributed by atoms with Crippen molar-refractivity contribution < 1.29 is 0 Å². The molecule has 0 saturated carbocycles. The fraction of sp³-hybridized carbons (Fsp3) is 0.0526. The smallest absolute Gasteiger partial charge is 0.0159 e. The maximum absolute atomic E-state index is 2.49. The molecule has 10 aromatic carbocycles. The molecule has 11 rings (SSSR count). The molecular formula is C57H40. The molecule has 0 spiro atoms. The Morgan fingerprint density at radius 2 is 0.684 bits per heavy atom. The Labute approximate surface area is 334 Å². The van der Waals surface area contributed by atoms with Gasteiger partial charge in [0.1, 0.15) is 0 Å². The molecule has 0 heterocycles. The average Bonchev–Trinajstić information content (AvgIpc) is 3.50. The highest BCUT2D eigenvalue weighted by Crippen LogP contribution is 2.52. The first kappa shape index (κ1) is 33.3. The van der Waals surface area contributed by atoms with Gasteiger partial charge in [0.2, 0.25) is 0 Å². The van der Waals surface area contributed by atoms with Crippen LogP contribution in [0, 0.1) is 0 Å². The van der Waals surface area contributed by atoms with E-state index in [1.54, 1.807) is 0 Å². The minimum atomic E-state index is -0.190. The second kappa shape index (κ2) is 13.0. The lowest BCUT2D eigenvalue weighted by molar-refractivity contribution is 0.661. The molecule has 0 unspecified atom stereocenters. The van der Waals surface area contributed by atoms with Gasteiger partial charge in [-0.05, 0) is 141 Å². The number of benzene rings is 10. The van der Waals surface area contributed by atoms with E-state index in [9.17, 15) is 0 Å². The summed E-state index contributed by atoms with van der Waals surface area (Å²) in [7, 11) is 0. The van der Waals surface area contributed by atoms with Gasteiger partial charge in [0.05, 0.1) is 0 Å². The predicted octanol–water partition coefficient (Wildman–Crippen LogP) is 15.8. The molecule has 0 heteroatoms. The van der Waals surface area contributed by atoms with Crippen molar-refractivity contribution in [1.29, 1.82) is 0 Å². The van der Waals surface area contributed by atoms with Crippen LogP contribution < -0.4 is 0 Å². The summed E-state index contributed by atoms with van der Waals surface area (Å²) in [6.07, 6.45) is 0. The van der Waals surface area contributed by atoms with E-state index in [-0.39, 0.29) is 5.41 Å². The van der Waals surface area contributed by atoms with E-state index >= 15 is 0 Å². The Kier molecular flexibility index (Phi) is 7.63. The topological polar surface area (TPSA) is 0 Å². The quantitative estimate of drug-likeness (QED) is 0.155. The molecule has 1 aliphatic carbocycles. The molecule has 57 heavy (non-hydrogen) atoms. The van der Waals surface area contributed by atoms with E-state index in [0.29, 0.717) is 0 Å². The molecule has 10 aromatic rings. The highest BCUT2D eigenvalue weighted by Gasteiger charge is 2.36. The molecule has 0 bridgehead atoms. The van der Waals surface area contributed by atoms with E-state index in [1.165, 1.54) is 110 Å². The van der Waals surface area contributed by atoms with Gasteiger partial charge in [0.15, 0.2) is 0 Å². The van der Waals surface area contributed by atoms with Crippen LogP contribution in [-0.4, -0.2) is 0 Å². The molecule has 268 valence electrons. The van der Waals surface area contributed by atoms with Gasteiger partial charge in [-0.3, -0.25) is 0 Å². The first-order chi connectivity index (χ1) is 28.0. The molecule has 0 aromatic heterocycles. The van der Waals surface area contributed by atoms with Crippen LogP contribution in [0.1, 0.15) is 25.0 Å². The third kappa shape index (κ3) is 5.36. The van der Waals surface area contributed by atoms with E-state index in [4.69, 9.17) is 0 Å². The minimum Gasteiger partial charge on any atom is -0.0622 e. The normalized spacial score (nSPS) is 12.9. The summed E-state index contributed by atoms with van der Waals surface area (Å²) in [4.78, 5) is 0. The van der Waals surface area contributed by atoms with Crippen molar-refractivity contribution in [1.82, 2.24) is 0 Å². The van der Waals surface area contributed by atoms with E-state index < -0.39 is 0 Å². The first-order valence-electron chi connectivity index (χ1n) is 20.0. The van der Waals surface area contributed by atoms with Crippen LogP contribution in [0.2, 0.25) is 0 Å². The molecule has 0 nitrogen and oxygen atoms in total. The van der Waals surface area contributed by atoms with Crippen molar-refractivity contribution in [3.05, 3.63) is 217 Å². The molecule has 0 saturated heterocycles. The van der Waals surface area contributed by atoms with E-state index in [0.717, 1.165) is 0 Å². The predicted molar refractivity (Wildman–Crippen MR) is 244 cm³/mol. The Bertz CT molecular complexity index is 3060. The van der Waals surface area contributed by atoms with Crippen molar-refractivity contribution in [3.8, 4) is 66.8 Å². The number of hydrogen-bond donors (Lipinski definition) is 0. The first-order valence-corrected chi connectivity index (χ1v) is 20.0. The van der Waals surface area contributed by atoms with Gasteiger partial charge in [0, 0.05) is 5.41 Å². The summed E-state index contributed by atoms with van der Waals surface area (Å²) in [5, 5.41) is 7.66. The lowest BCUT2D eigenvalue weighted by Gasteiger charge is -2.24.